The van der Waals surface area contributed by atoms with Gasteiger partial charge in [0.2, 0.25) is 0 Å². The number of halogens is 4. The minimum atomic E-state index is -4.46. The zero-order chi connectivity index (χ0) is 22.6. The predicted octanol–water partition coefficient (Wildman–Crippen LogP) is 5.27. The third-order valence-electron chi connectivity index (χ3n) is 4.88. The number of hydrogen-bond acceptors (Lipinski definition) is 3. The van der Waals surface area contributed by atoms with Crippen LogP contribution < -0.4 is 11.1 Å². The molecule has 0 aliphatic rings. The van der Waals surface area contributed by atoms with Crippen molar-refractivity contribution in [2.24, 2.45) is 5.73 Å². The van der Waals surface area contributed by atoms with Crippen molar-refractivity contribution < 1.29 is 18.0 Å². The monoisotopic (exact) mass is 450 g/mol. The van der Waals surface area contributed by atoms with Gasteiger partial charge in [-0.2, -0.15) is 18.3 Å². The molecule has 5 nitrogen and oxygen atoms in total. The lowest BCUT2D eigenvalue weighted by Gasteiger charge is -2.20. The van der Waals surface area contributed by atoms with E-state index in [4.69, 9.17) is 17.3 Å². The molecule has 2 aromatic carbocycles. The van der Waals surface area contributed by atoms with Gasteiger partial charge in [0.15, 0.2) is 0 Å². The van der Waals surface area contributed by atoms with Gasteiger partial charge < -0.3 is 11.1 Å². The van der Waals surface area contributed by atoms with Crippen molar-refractivity contribution in [1.29, 1.82) is 0 Å². The average Bonchev–Trinajstić information content (AvgIpc) is 3.17. The molecule has 0 saturated carbocycles. The van der Waals surface area contributed by atoms with Crippen molar-refractivity contribution >= 4 is 17.5 Å². The molecule has 3 rings (SSSR count). The maximum absolute atomic E-state index is 13.1. The lowest BCUT2D eigenvalue weighted by molar-refractivity contribution is -0.137. The maximum atomic E-state index is 13.1. The fraction of sp³-hybridized carbons (Fsp3) is 0.273. The van der Waals surface area contributed by atoms with Crippen LogP contribution in [-0.2, 0) is 12.7 Å². The minimum absolute atomic E-state index is 0.0490. The Morgan fingerprint density at radius 3 is 2.55 bits per heavy atom. The largest absolute Gasteiger partial charge is 0.416 e. The highest BCUT2D eigenvalue weighted by Gasteiger charge is 2.31. The molecular formula is C22H22ClF3N4O. The Morgan fingerprint density at radius 2 is 1.94 bits per heavy atom. The standard InChI is InChI=1S/C22H22ClF3N4O/c1-2-4-19(14-5-3-6-15(11-14)22(24,25)26)29-21(31)18-13-28-30(20(18)12-27)17-9-7-16(23)8-10-17/h3,5-11,13,19H,2,4,12,27H2,1H3,(H,29,31). The van der Waals surface area contributed by atoms with Crippen molar-refractivity contribution in [3.8, 4) is 5.69 Å². The van der Waals surface area contributed by atoms with E-state index in [0.717, 1.165) is 12.1 Å². The number of alkyl halides is 3. The topological polar surface area (TPSA) is 72.9 Å². The van der Waals surface area contributed by atoms with Crippen molar-refractivity contribution in [1.82, 2.24) is 15.1 Å². The molecule has 0 aliphatic carbocycles. The normalized spacial score (nSPS) is 12.6. The fourth-order valence-corrected chi connectivity index (χ4v) is 3.47. The van der Waals surface area contributed by atoms with Crippen molar-refractivity contribution in [2.75, 3.05) is 0 Å². The van der Waals surface area contributed by atoms with Gasteiger partial charge in [-0.15, -0.1) is 0 Å². The summed E-state index contributed by atoms with van der Waals surface area (Å²) in [5, 5.41) is 7.67. The average molecular weight is 451 g/mol. The third-order valence-corrected chi connectivity index (χ3v) is 5.13. The van der Waals surface area contributed by atoms with E-state index in [-0.39, 0.29) is 12.1 Å². The Morgan fingerprint density at radius 1 is 1.23 bits per heavy atom. The highest BCUT2D eigenvalue weighted by molar-refractivity contribution is 6.30. The molecule has 0 spiro atoms. The summed E-state index contributed by atoms with van der Waals surface area (Å²) in [5.74, 6) is -0.448. The molecule has 0 saturated heterocycles. The first-order valence-electron chi connectivity index (χ1n) is 9.75. The number of nitrogens with two attached hydrogens (primary N) is 1. The second-order valence-corrected chi connectivity index (χ2v) is 7.47. The molecule has 1 unspecified atom stereocenters. The van der Waals surface area contributed by atoms with Gasteiger partial charge in [-0.1, -0.05) is 37.1 Å². The number of hydrogen-bond donors (Lipinski definition) is 2. The summed E-state index contributed by atoms with van der Waals surface area (Å²) in [5.41, 5.74) is 6.96. The van der Waals surface area contributed by atoms with Gasteiger partial charge in [-0.05, 0) is 48.4 Å². The summed E-state index contributed by atoms with van der Waals surface area (Å²) < 4.78 is 40.9. The predicted molar refractivity (Wildman–Crippen MR) is 113 cm³/mol. The SMILES string of the molecule is CCCC(NC(=O)c1cnn(-c2ccc(Cl)cc2)c1CN)c1cccc(C(F)(F)F)c1. The Labute approximate surface area is 183 Å². The van der Waals surface area contributed by atoms with Crippen molar-refractivity contribution in [2.45, 2.75) is 38.5 Å². The van der Waals surface area contributed by atoms with Crippen LogP contribution >= 0.6 is 11.6 Å². The molecule has 0 aliphatic heterocycles. The third kappa shape index (κ3) is 5.26. The van der Waals surface area contributed by atoms with E-state index in [9.17, 15) is 18.0 Å². The van der Waals surface area contributed by atoms with Crippen molar-refractivity contribution in [3.05, 3.63) is 82.1 Å². The van der Waals surface area contributed by atoms with Gasteiger partial charge in [0.1, 0.15) is 0 Å². The molecule has 31 heavy (non-hydrogen) atoms. The van der Waals surface area contributed by atoms with Crippen molar-refractivity contribution in [3.63, 3.8) is 0 Å². The molecule has 3 aromatic rings. The highest BCUT2D eigenvalue weighted by Crippen LogP contribution is 2.31. The van der Waals surface area contributed by atoms with Gasteiger partial charge in [0, 0.05) is 11.6 Å². The van der Waals surface area contributed by atoms with Crippen LogP contribution in [0.15, 0.2) is 54.7 Å². The van der Waals surface area contributed by atoms with Crippen LogP contribution in [0.25, 0.3) is 5.69 Å². The Kier molecular flexibility index (Phi) is 7.02. The number of amides is 1. The smallest absolute Gasteiger partial charge is 0.345 e. The molecule has 164 valence electrons. The Bertz CT molecular complexity index is 1050. The van der Waals surface area contributed by atoms with E-state index < -0.39 is 23.7 Å². The summed E-state index contributed by atoms with van der Waals surface area (Å²) in [6.07, 6.45) is -1.89. The molecule has 1 heterocycles. The van der Waals surface area contributed by atoms with E-state index in [0.29, 0.717) is 34.8 Å². The van der Waals surface area contributed by atoms with Crippen LogP contribution in [0.5, 0.6) is 0 Å². The summed E-state index contributed by atoms with van der Waals surface area (Å²) in [7, 11) is 0. The quantitative estimate of drug-likeness (QED) is 0.514. The molecule has 0 bridgehead atoms. The van der Waals surface area contributed by atoms with Gasteiger partial charge >= 0.3 is 6.18 Å². The molecule has 1 atom stereocenters. The van der Waals surface area contributed by atoms with Crippen LogP contribution in [0.3, 0.4) is 0 Å². The van der Waals surface area contributed by atoms with Crippen LogP contribution in [0.1, 0.15) is 53.0 Å². The molecule has 1 aromatic heterocycles. The molecule has 0 radical (unpaired) electrons. The molecule has 0 fully saturated rings. The summed E-state index contributed by atoms with van der Waals surface area (Å²) in [6.45, 7) is 1.95. The zero-order valence-corrected chi connectivity index (χ0v) is 17.5. The number of nitrogens with zero attached hydrogens (tertiary/aromatic N) is 2. The lowest BCUT2D eigenvalue weighted by Crippen LogP contribution is -2.29. The highest BCUT2D eigenvalue weighted by atomic mass is 35.5. The maximum Gasteiger partial charge on any atom is 0.416 e. The molecule has 1 amide bonds. The van der Waals surface area contributed by atoms with E-state index in [1.165, 1.54) is 12.3 Å². The summed E-state index contributed by atoms with van der Waals surface area (Å²) >= 11 is 5.92. The van der Waals surface area contributed by atoms with Crippen LogP contribution in [-0.4, -0.2) is 15.7 Å². The van der Waals surface area contributed by atoms with E-state index in [2.05, 4.69) is 10.4 Å². The number of aromatic nitrogens is 2. The summed E-state index contributed by atoms with van der Waals surface area (Å²) in [4.78, 5) is 13.0. The first kappa shape index (κ1) is 22.8. The van der Waals surface area contributed by atoms with Crippen LogP contribution in [0.4, 0.5) is 13.2 Å². The second kappa shape index (κ2) is 9.53. The number of carbonyl (C=O) groups is 1. The number of benzene rings is 2. The second-order valence-electron chi connectivity index (χ2n) is 7.04. The molecule has 9 heteroatoms. The van der Waals surface area contributed by atoms with Crippen LogP contribution in [0.2, 0.25) is 5.02 Å². The minimum Gasteiger partial charge on any atom is -0.345 e. The van der Waals surface area contributed by atoms with Gasteiger partial charge in [0.25, 0.3) is 5.91 Å². The van der Waals surface area contributed by atoms with E-state index >= 15 is 0 Å². The molecular weight excluding hydrogens is 429 g/mol. The van der Waals surface area contributed by atoms with Gasteiger partial charge in [0.05, 0.1) is 34.7 Å². The lowest BCUT2D eigenvalue weighted by atomic mass is 9.99. The Balaban J connectivity index is 1.89. The first-order chi connectivity index (χ1) is 14.7. The summed E-state index contributed by atoms with van der Waals surface area (Å²) in [6, 6.07) is 11.3. The number of carbonyl (C=O) groups excluding carboxylic acids is 1. The van der Waals surface area contributed by atoms with Gasteiger partial charge in [-0.25, -0.2) is 4.68 Å². The fourth-order valence-electron chi connectivity index (χ4n) is 3.34. The Hall–Kier alpha value is -2.84. The zero-order valence-electron chi connectivity index (χ0n) is 16.8. The number of nitrogens with one attached hydrogen (secondary N) is 1. The van der Waals surface area contributed by atoms with Gasteiger partial charge in [-0.3, -0.25) is 4.79 Å². The van der Waals surface area contributed by atoms with Crippen LogP contribution in [0, 0.1) is 0 Å². The molecule has 3 N–H and O–H groups in total. The van der Waals surface area contributed by atoms with E-state index in [1.807, 2.05) is 6.92 Å². The number of rotatable bonds is 7. The first-order valence-corrected chi connectivity index (χ1v) is 10.1. The van der Waals surface area contributed by atoms with E-state index in [1.54, 1.807) is 35.0 Å².